The van der Waals surface area contributed by atoms with E-state index in [-0.39, 0.29) is 5.69 Å². The molecule has 2 aromatic rings. The summed E-state index contributed by atoms with van der Waals surface area (Å²) in [5.74, 6) is -0.565. The summed E-state index contributed by atoms with van der Waals surface area (Å²) in [5, 5.41) is 30.0. The maximum atomic E-state index is 12.1. The highest BCUT2D eigenvalue weighted by Gasteiger charge is 2.31. The highest BCUT2D eigenvalue weighted by atomic mass is 16.3. The highest BCUT2D eigenvalue weighted by Crippen LogP contribution is 2.10. The third-order valence-corrected chi connectivity index (χ3v) is 3.22. The molecule has 0 aliphatic heterocycles. The molecule has 0 spiro atoms. The van der Waals surface area contributed by atoms with Crippen molar-refractivity contribution in [3.05, 3.63) is 35.8 Å². The van der Waals surface area contributed by atoms with Crippen molar-refractivity contribution in [3.63, 3.8) is 0 Å². The first-order chi connectivity index (χ1) is 9.55. The molecule has 0 fully saturated rings. The van der Waals surface area contributed by atoms with Crippen molar-refractivity contribution in [1.29, 1.82) is 0 Å². The molecule has 1 amide bonds. The Morgan fingerprint density at radius 1 is 1.30 bits per heavy atom. The van der Waals surface area contributed by atoms with Crippen LogP contribution in [0.15, 0.2) is 24.4 Å². The van der Waals surface area contributed by atoms with E-state index in [1.807, 2.05) is 19.1 Å². The van der Waals surface area contributed by atoms with E-state index in [4.69, 9.17) is 0 Å². The van der Waals surface area contributed by atoms with Crippen LogP contribution >= 0.6 is 0 Å². The topological polar surface area (TPSA) is 107 Å². The van der Waals surface area contributed by atoms with Gasteiger partial charge in [0.05, 0.1) is 19.8 Å². The van der Waals surface area contributed by atoms with Gasteiger partial charge in [-0.1, -0.05) is 6.07 Å². The Labute approximate surface area is 115 Å². The Balaban J connectivity index is 2.30. The fourth-order valence-corrected chi connectivity index (χ4v) is 1.83. The molecule has 0 bridgehead atoms. The van der Waals surface area contributed by atoms with E-state index in [9.17, 15) is 20.1 Å². The Kier molecular flexibility index (Phi) is 4.03. The number of aliphatic hydroxyl groups excluding tert-OH is 3. The van der Waals surface area contributed by atoms with Crippen molar-refractivity contribution in [1.82, 2.24) is 14.7 Å². The second-order valence-electron chi connectivity index (χ2n) is 4.73. The Hall–Kier alpha value is -1.96. The van der Waals surface area contributed by atoms with Gasteiger partial charge in [0.2, 0.25) is 0 Å². The van der Waals surface area contributed by atoms with E-state index in [1.165, 1.54) is 0 Å². The Morgan fingerprint density at radius 3 is 2.50 bits per heavy atom. The number of amides is 1. The lowest BCUT2D eigenvalue weighted by atomic mass is 10.0. The minimum Gasteiger partial charge on any atom is -0.394 e. The zero-order chi connectivity index (χ0) is 14.8. The smallest absolute Gasteiger partial charge is 0.272 e. The van der Waals surface area contributed by atoms with Gasteiger partial charge in [0.1, 0.15) is 16.9 Å². The van der Waals surface area contributed by atoms with Gasteiger partial charge in [-0.2, -0.15) is 0 Å². The molecule has 7 nitrogen and oxygen atoms in total. The lowest BCUT2D eigenvalue weighted by Crippen LogP contribution is -2.57. The molecule has 20 heavy (non-hydrogen) atoms. The summed E-state index contributed by atoms with van der Waals surface area (Å²) in [6.07, 6.45) is 1.57. The van der Waals surface area contributed by atoms with E-state index >= 15 is 0 Å². The van der Waals surface area contributed by atoms with Crippen LogP contribution in [0, 0.1) is 6.92 Å². The number of carbonyl (C=O) groups is 1. The number of aromatic nitrogens is 2. The SMILES string of the molecule is Cc1cccc2nc(C(=O)NC(CO)(CO)CO)cn12. The third kappa shape index (κ3) is 2.51. The van der Waals surface area contributed by atoms with Crippen LogP contribution in [0.2, 0.25) is 0 Å². The molecule has 0 aromatic carbocycles. The number of nitrogens with zero attached hydrogens (tertiary/aromatic N) is 2. The van der Waals surface area contributed by atoms with Crippen LogP contribution in [-0.4, -0.2) is 56.0 Å². The number of aryl methyl sites for hydroxylation is 1. The van der Waals surface area contributed by atoms with Crippen LogP contribution in [0.25, 0.3) is 5.65 Å². The van der Waals surface area contributed by atoms with Gasteiger partial charge in [0.25, 0.3) is 5.91 Å². The van der Waals surface area contributed by atoms with Gasteiger partial charge in [-0.3, -0.25) is 4.79 Å². The lowest BCUT2D eigenvalue weighted by molar-refractivity contribution is 0.0373. The number of rotatable bonds is 5. The van der Waals surface area contributed by atoms with Crippen LogP contribution < -0.4 is 5.32 Å². The summed E-state index contributed by atoms with van der Waals surface area (Å²) >= 11 is 0. The molecule has 0 unspecified atom stereocenters. The number of pyridine rings is 1. The number of hydrogen-bond acceptors (Lipinski definition) is 5. The van der Waals surface area contributed by atoms with Crippen LogP contribution in [0.5, 0.6) is 0 Å². The van der Waals surface area contributed by atoms with E-state index in [2.05, 4.69) is 10.3 Å². The van der Waals surface area contributed by atoms with Crippen molar-refractivity contribution >= 4 is 11.6 Å². The molecule has 0 atom stereocenters. The molecular weight excluding hydrogens is 262 g/mol. The zero-order valence-corrected chi connectivity index (χ0v) is 11.1. The summed E-state index contributed by atoms with van der Waals surface area (Å²) in [5.41, 5.74) is 0.241. The van der Waals surface area contributed by atoms with E-state index in [0.717, 1.165) is 5.69 Å². The van der Waals surface area contributed by atoms with E-state index < -0.39 is 31.3 Å². The number of hydrogen-bond donors (Lipinski definition) is 4. The molecular formula is C13H17N3O4. The fraction of sp³-hybridized carbons (Fsp3) is 0.385. The first-order valence-corrected chi connectivity index (χ1v) is 6.15. The number of imidazole rings is 1. The first kappa shape index (κ1) is 14.4. The van der Waals surface area contributed by atoms with Crippen LogP contribution in [-0.2, 0) is 0 Å². The average molecular weight is 279 g/mol. The number of nitrogens with one attached hydrogen (secondary N) is 1. The van der Waals surface area contributed by atoms with Gasteiger partial charge in [0.15, 0.2) is 0 Å². The second-order valence-corrected chi connectivity index (χ2v) is 4.73. The summed E-state index contributed by atoms with van der Waals surface area (Å²) in [6, 6.07) is 5.48. The lowest BCUT2D eigenvalue weighted by Gasteiger charge is -2.28. The molecule has 2 heterocycles. The predicted octanol–water partition coefficient (Wildman–Crippen LogP) is -0.912. The van der Waals surface area contributed by atoms with Crippen molar-refractivity contribution in [2.45, 2.75) is 12.5 Å². The molecule has 0 saturated heterocycles. The maximum Gasteiger partial charge on any atom is 0.272 e. The van der Waals surface area contributed by atoms with Gasteiger partial charge >= 0.3 is 0 Å². The van der Waals surface area contributed by atoms with Gasteiger partial charge in [-0.15, -0.1) is 0 Å². The summed E-state index contributed by atoms with van der Waals surface area (Å²) in [7, 11) is 0. The Bertz CT molecular complexity index is 611. The minimum atomic E-state index is -1.46. The maximum absolute atomic E-state index is 12.1. The molecule has 0 aliphatic carbocycles. The molecule has 4 N–H and O–H groups in total. The zero-order valence-electron chi connectivity index (χ0n) is 11.1. The highest BCUT2D eigenvalue weighted by molar-refractivity contribution is 5.93. The normalized spacial score (nSPS) is 11.8. The Morgan fingerprint density at radius 2 is 1.95 bits per heavy atom. The quantitative estimate of drug-likeness (QED) is 0.567. The molecule has 0 aliphatic rings. The first-order valence-electron chi connectivity index (χ1n) is 6.15. The van der Waals surface area contributed by atoms with Gasteiger partial charge < -0.3 is 25.0 Å². The van der Waals surface area contributed by atoms with Crippen molar-refractivity contribution < 1.29 is 20.1 Å². The number of aliphatic hydroxyl groups is 3. The van der Waals surface area contributed by atoms with E-state index in [1.54, 1.807) is 16.7 Å². The molecule has 0 saturated carbocycles. The monoisotopic (exact) mass is 279 g/mol. The minimum absolute atomic E-state index is 0.152. The molecule has 7 heteroatoms. The third-order valence-electron chi connectivity index (χ3n) is 3.22. The van der Waals surface area contributed by atoms with Gasteiger partial charge in [-0.25, -0.2) is 4.98 Å². The molecule has 2 aromatic heterocycles. The number of carbonyl (C=O) groups excluding carboxylic acids is 1. The second kappa shape index (κ2) is 5.58. The summed E-state index contributed by atoms with van der Waals surface area (Å²) < 4.78 is 1.76. The fourth-order valence-electron chi connectivity index (χ4n) is 1.83. The van der Waals surface area contributed by atoms with Crippen molar-refractivity contribution in [3.8, 4) is 0 Å². The standard InChI is InChI=1S/C13H17N3O4/c1-9-3-2-4-11-14-10(5-16(9)11)12(20)15-13(6-17,7-18)8-19/h2-5,17-19H,6-8H2,1H3,(H,15,20). The van der Waals surface area contributed by atoms with Crippen molar-refractivity contribution in [2.75, 3.05) is 19.8 Å². The van der Waals surface area contributed by atoms with Crippen LogP contribution in [0.3, 0.4) is 0 Å². The number of fused-ring (bicyclic) bond motifs is 1. The molecule has 0 radical (unpaired) electrons. The molecule has 2 rings (SSSR count). The van der Waals surface area contributed by atoms with Crippen molar-refractivity contribution in [2.24, 2.45) is 0 Å². The predicted molar refractivity (Wildman–Crippen MR) is 71.4 cm³/mol. The summed E-state index contributed by atoms with van der Waals surface area (Å²) in [4.78, 5) is 16.3. The van der Waals surface area contributed by atoms with E-state index in [0.29, 0.717) is 5.65 Å². The van der Waals surface area contributed by atoms with Crippen LogP contribution in [0.4, 0.5) is 0 Å². The largest absolute Gasteiger partial charge is 0.394 e. The van der Waals surface area contributed by atoms with Crippen LogP contribution in [0.1, 0.15) is 16.2 Å². The van der Waals surface area contributed by atoms with Gasteiger partial charge in [0, 0.05) is 11.9 Å². The summed E-state index contributed by atoms with van der Waals surface area (Å²) in [6.45, 7) is 0.171. The average Bonchev–Trinajstić information content (AvgIpc) is 2.90. The van der Waals surface area contributed by atoms with Gasteiger partial charge in [-0.05, 0) is 19.1 Å². The molecule has 108 valence electrons.